The molecule has 0 bridgehead atoms. The average Bonchev–Trinajstić information content (AvgIpc) is 2.63. The number of thiophene rings is 1. The van der Waals surface area contributed by atoms with E-state index in [1.165, 1.54) is 55.4 Å². The molecular formula is C16H27NS. The number of aryl methyl sites for hydroxylation is 1. The minimum atomic E-state index is 0.758. The Morgan fingerprint density at radius 2 is 2.17 bits per heavy atom. The van der Waals surface area contributed by atoms with Crippen LogP contribution in [0.4, 0.5) is 0 Å². The van der Waals surface area contributed by atoms with Crippen LogP contribution in [0.25, 0.3) is 0 Å². The number of nitrogens with one attached hydrogen (secondary N) is 1. The van der Waals surface area contributed by atoms with Gasteiger partial charge in [-0.05, 0) is 49.1 Å². The lowest BCUT2D eigenvalue weighted by atomic mass is 9.95. The predicted octanol–water partition coefficient (Wildman–Crippen LogP) is 4.90. The van der Waals surface area contributed by atoms with Crippen LogP contribution < -0.4 is 5.32 Å². The quantitative estimate of drug-likeness (QED) is 0.747. The second-order valence-electron chi connectivity index (χ2n) is 5.77. The first-order chi connectivity index (χ1) is 8.79. The van der Waals surface area contributed by atoms with Gasteiger partial charge in [-0.3, -0.25) is 0 Å². The molecule has 1 nitrogen and oxygen atoms in total. The highest BCUT2D eigenvalue weighted by Crippen LogP contribution is 2.27. The molecule has 102 valence electrons. The van der Waals surface area contributed by atoms with Gasteiger partial charge in [-0.15, -0.1) is 11.3 Å². The summed E-state index contributed by atoms with van der Waals surface area (Å²) in [7, 11) is 0. The van der Waals surface area contributed by atoms with Gasteiger partial charge in [0, 0.05) is 17.5 Å². The van der Waals surface area contributed by atoms with E-state index in [0.717, 1.165) is 18.5 Å². The third-order valence-electron chi connectivity index (χ3n) is 4.30. The smallest absolute Gasteiger partial charge is 0.0304 e. The van der Waals surface area contributed by atoms with E-state index in [-0.39, 0.29) is 0 Å². The molecule has 0 radical (unpaired) electrons. The normalized spacial score (nSPS) is 25.0. The van der Waals surface area contributed by atoms with Gasteiger partial charge in [0.15, 0.2) is 0 Å². The third kappa shape index (κ3) is 4.10. The highest BCUT2D eigenvalue weighted by molar-refractivity contribution is 7.10. The molecular weight excluding hydrogens is 238 g/mol. The summed E-state index contributed by atoms with van der Waals surface area (Å²) in [5.41, 5.74) is 1.45. The van der Waals surface area contributed by atoms with Crippen LogP contribution in [-0.2, 0) is 6.54 Å². The maximum absolute atomic E-state index is 3.78. The second kappa shape index (κ2) is 7.30. The molecule has 1 aromatic rings. The Kier molecular flexibility index (Phi) is 5.71. The molecule has 2 heteroatoms. The van der Waals surface area contributed by atoms with Crippen molar-refractivity contribution in [3.05, 3.63) is 21.9 Å². The molecule has 0 aliphatic heterocycles. The minimum absolute atomic E-state index is 0.758. The minimum Gasteiger partial charge on any atom is -0.309 e. The highest BCUT2D eigenvalue weighted by Gasteiger charge is 2.18. The molecule has 1 saturated carbocycles. The van der Waals surface area contributed by atoms with E-state index in [9.17, 15) is 0 Å². The Hall–Kier alpha value is -0.340. The third-order valence-corrected chi connectivity index (χ3v) is 5.33. The van der Waals surface area contributed by atoms with Crippen molar-refractivity contribution in [2.24, 2.45) is 5.92 Å². The summed E-state index contributed by atoms with van der Waals surface area (Å²) < 4.78 is 0. The van der Waals surface area contributed by atoms with E-state index < -0.39 is 0 Å². The van der Waals surface area contributed by atoms with Crippen LogP contribution in [0.2, 0.25) is 0 Å². The summed E-state index contributed by atoms with van der Waals surface area (Å²) >= 11 is 1.89. The van der Waals surface area contributed by atoms with Crippen LogP contribution in [0.5, 0.6) is 0 Å². The average molecular weight is 265 g/mol. The van der Waals surface area contributed by atoms with E-state index >= 15 is 0 Å². The van der Waals surface area contributed by atoms with Gasteiger partial charge in [0.1, 0.15) is 0 Å². The molecule has 1 aromatic heterocycles. The fraction of sp³-hybridized carbons (Fsp3) is 0.750. The fourth-order valence-electron chi connectivity index (χ4n) is 3.10. The Balaban J connectivity index is 1.75. The predicted molar refractivity (Wildman–Crippen MR) is 81.2 cm³/mol. The summed E-state index contributed by atoms with van der Waals surface area (Å²) in [5, 5.41) is 5.98. The molecule has 2 unspecified atom stereocenters. The zero-order valence-corrected chi connectivity index (χ0v) is 12.7. The van der Waals surface area contributed by atoms with Gasteiger partial charge < -0.3 is 5.32 Å². The van der Waals surface area contributed by atoms with Crippen molar-refractivity contribution in [2.75, 3.05) is 0 Å². The molecule has 0 aromatic carbocycles. The van der Waals surface area contributed by atoms with Crippen LogP contribution in [-0.4, -0.2) is 6.04 Å². The zero-order chi connectivity index (χ0) is 12.8. The summed E-state index contributed by atoms with van der Waals surface area (Å²) in [6, 6.07) is 2.99. The highest BCUT2D eigenvalue weighted by atomic mass is 32.1. The van der Waals surface area contributed by atoms with E-state index in [1.54, 1.807) is 0 Å². The molecule has 0 amide bonds. The van der Waals surface area contributed by atoms with Crippen LogP contribution in [0.3, 0.4) is 0 Å². The lowest BCUT2D eigenvalue weighted by Gasteiger charge is -2.16. The molecule has 2 rings (SSSR count). The van der Waals surface area contributed by atoms with Gasteiger partial charge in [-0.1, -0.05) is 32.6 Å². The van der Waals surface area contributed by atoms with Crippen molar-refractivity contribution in [3.8, 4) is 0 Å². The molecule has 1 aliphatic carbocycles. The lowest BCUT2D eigenvalue weighted by molar-refractivity contribution is 0.410. The Morgan fingerprint density at radius 3 is 2.89 bits per heavy atom. The first-order valence-corrected chi connectivity index (χ1v) is 8.44. The first kappa shape index (κ1) is 14.1. The van der Waals surface area contributed by atoms with Crippen LogP contribution in [0.15, 0.2) is 11.4 Å². The van der Waals surface area contributed by atoms with Crippen LogP contribution in [0.1, 0.15) is 62.3 Å². The van der Waals surface area contributed by atoms with E-state index in [0.29, 0.717) is 0 Å². The molecule has 1 aliphatic rings. The van der Waals surface area contributed by atoms with Crippen molar-refractivity contribution < 1.29 is 0 Å². The molecule has 0 saturated heterocycles. The lowest BCUT2D eigenvalue weighted by Crippen LogP contribution is -2.27. The summed E-state index contributed by atoms with van der Waals surface area (Å²) in [5.74, 6) is 1.00. The number of hydrogen-bond donors (Lipinski definition) is 1. The monoisotopic (exact) mass is 265 g/mol. The van der Waals surface area contributed by atoms with Crippen LogP contribution in [0, 0.1) is 12.8 Å². The zero-order valence-electron chi connectivity index (χ0n) is 11.9. The molecule has 1 fully saturated rings. The van der Waals surface area contributed by atoms with Crippen molar-refractivity contribution in [3.63, 3.8) is 0 Å². The topological polar surface area (TPSA) is 12.0 Å². The fourth-order valence-corrected chi connectivity index (χ4v) is 3.96. The van der Waals surface area contributed by atoms with Gasteiger partial charge in [-0.2, -0.15) is 0 Å². The Labute approximate surface area is 116 Å². The van der Waals surface area contributed by atoms with Gasteiger partial charge in [-0.25, -0.2) is 0 Å². The maximum atomic E-state index is 3.78. The maximum Gasteiger partial charge on any atom is 0.0304 e. The number of rotatable bonds is 5. The van der Waals surface area contributed by atoms with Crippen molar-refractivity contribution in [1.82, 2.24) is 5.32 Å². The number of hydrogen-bond acceptors (Lipinski definition) is 2. The van der Waals surface area contributed by atoms with E-state index in [2.05, 4.69) is 30.6 Å². The van der Waals surface area contributed by atoms with Gasteiger partial charge in [0.05, 0.1) is 0 Å². The van der Waals surface area contributed by atoms with Crippen molar-refractivity contribution in [2.45, 2.75) is 71.4 Å². The van der Waals surface area contributed by atoms with Crippen molar-refractivity contribution >= 4 is 11.3 Å². The Morgan fingerprint density at radius 1 is 1.28 bits per heavy atom. The second-order valence-corrected chi connectivity index (χ2v) is 6.77. The molecule has 0 spiro atoms. The van der Waals surface area contributed by atoms with Crippen molar-refractivity contribution in [1.29, 1.82) is 0 Å². The molecule has 1 N–H and O–H groups in total. The summed E-state index contributed by atoms with van der Waals surface area (Å²) in [4.78, 5) is 1.52. The van der Waals surface area contributed by atoms with Crippen LogP contribution >= 0.6 is 11.3 Å². The van der Waals surface area contributed by atoms with Gasteiger partial charge >= 0.3 is 0 Å². The van der Waals surface area contributed by atoms with Gasteiger partial charge in [0.25, 0.3) is 0 Å². The molecule has 1 heterocycles. The Bertz CT molecular complexity index is 345. The molecule has 2 atom stereocenters. The summed E-state index contributed by atoms with van der Waals surface area (Å²) in [6.07, 6.45) is 9.89. The first-order valence-electron chi connectivity index (χ1n) is 7.56. The summed E-state index contributed by atoms with van der Waals surface area (Å²) in [6.45, 7) is 5.62. The van der Waals surface area contributed by atoms with Gasteiger partial charge in [0.2, 0.25) is 0 Å². The van der Waals surface area contributed by atoms with E-state index in [1.807, 2.05) is 11.3 Å². The largest absolute Gasteiger partial charge is 0.309 e. The standard InChI is InChI=1S/C16H27NS/c1-3-5-14-6-4-7-15(9-8-14)17-12-16-13(2)10-11-18-16/h10-11,14-15,17H,3-9,12H2,1-2H3. The SMILES string of the molecule is CCCC1CCCC(NCc2sccc2C)CC1. The van der Waals surface area contributed by atoms with E-state index in [4.69, 9.17) is 0 Å². The molecule has 18 heavy (non-hydrogen) atoms.